The van der Waals surface area contributed by atoms with Gasteiger partial charge in [-0.2, -0.15) is 8.42 Å². The molecule has 11 heteroatoms. The van der Waals surface area contributed by atoms with Gasteiger partial charge in [-0.25, -0.2) is 0 Å². The molecule has 1 atom stereocenters. The van der Waals surface area contributed by atoms with E-state index in [2.05, 4.69) is 15.9 Å². The maximum Gasteiger partial charge on any atom is 0.302 e. The minimum atomic E-state index is -4.73. The predicted molar refractivity (Wildman–Crippen MR) is 82.7 cm³/mol. The second kappa shape index (κ2) is 6.40. The maximum absolute atomic E-state index is 12.8. The highest BCUT2D eigenvalue weighted by Crippen LogP contribution is 2.40. The van der Waals surface area contributed by atoms with Crippen LogP contribution in [0.3, 0.4) is 0 Å². The molecule has 0 aromatic heterocycles. The zero-order chi connectivity index (χ0) is 17.4. The number of nitro groups is 1. The smallest absolute Gasteiger partial charge is 0.302 e. The molecule has 1 amide bonds. The monoisotopic (exact) mass is 410 g/mol. The van der Waals surface area contributed by atoms with E-state index >= 15 is 0 Å². The number of benzene rings is 1. The van der Waals surface area contributed by atoms with Crippen LogP contribution in [0, 0.1) is 16.0 Å². The van der Waals surface area contributed by atoms with E-state index in [9.17, 15) is 27.2 Å². The van der Waals surface area contributed by atoms with Crippen molar-refractivity contribution in [3.63, 3.8) is 0 Å². The Kier molecular flexibility index (Phi) is 4.90. The van der Waals surface area contributed by atoms with Crippen LogP contribution >= 0.6 is 15.9 Å². The lowest BCUT2D eigenvalue weighted by Crippen LogP contribution is -2.26. The van der Waals surface area contributed by atoms with Crippen LogP contribution in [0.1, 0.15) is 6.42 Å². The van der Waals surface area contributed by atoms with Gasteiger partial charge in [0, 0.05) is 31.0 Å². The van der Waals surface area contributed by atoms with Gasteiger partial charge < -0.3 is 9.64 Å². The summed E-state index contributed by atoms with van der Waals surface area (Å²) in [4.78, 5) is 23.7. The Morgan fingerprint density at radius 1 is 1.52 bits per heavy atom. The normalized spacial score (nSPS) is 18.3. The summed E-state index contributed by atoms with van der Waals surface area (Å²) in [5.41, 5.74) is -0.353. The molecule has 8 nitrogen and oxygen atoms in total. The van der Waals surface area contributed by atoms with Gasteiger partial charge >= 0.3 is 10.2 Å². The van der Waals surface area contributed by atoms with Gasteiger partial charge in [0.15, 0.2) is 0 Å². The molecule has 2 rings (SSSR count). The van der Waals surface area contributed by atoms with Crippen molar-refractivity contribution in [1.82, 2.24) is 0 Å². The Balaban J connectivity index is 2.41. The van der Waals surface area contributed by atoms with Crippen LogP contribution in [0.4, 0.5) is 15.3 Å². The van der Waals surface area contributed by atoms with Gasteiger partial charge in [0.1, 0.15) is 11.4 Å². The van der Waals surface area contributed by atoms with Gasteiger partial charge in [-0.1, -0.05) is 0 Å². The quantitative estimate of drug-likeness (QED) is 0.417. The Morgan fingerprint density at radius 3 is 2.70 bits per heavy atom. The first-order valence-electron chi connectivity index (χ1n) is 6.37. The van der Waals surface area contributed by atoms with Crippen LogP contribution in [0.2, 0.25) is 0 Å². The van der Waals surface area contributed by atoms with Crippen LogP contribution in [-0.4, -0.2) is 38.7 Å². The molecule has 1 aliphatic rings. The molecule has 1 fully saturated rings. The molecule has 1 saturated heterocycles. The summed E-state index contributed by atoms with van der Waals surface area (Å²) >= 11 is 3.12. The van der Waals surface area contributed by atoms with Gasteiger partial charge in [-0.3, -0.25) is 14.9 Å². The molecule has 1 aromatic rings. The molecule has 1 aromatic carbocycles. The van der Waals surface area contributed by atoms with Crippen molar-refractivity contribution in [3.05, 3.63) is 26.7 Å². The minimum absolute atomic E-state index is 0.0150. The number of amides is 1. The van der Waals surface area contributed by atoms with E-state index in [1.807, 2.05) is 0 Å². The topological polar surface area (TPSA) is 107 Å². The molecule has 0 N–H and O–H groups in total. The van der Waals surface area contributed by atoms with Crippen LogP contribution in [0.5, 0.6) is 5.75 Å². The first kappa shape index (κ1) is 17.6. The molecule has 0 aliphatic carbocycles. The molecule has 23 heavy (non-hydrogen) atoms. The molecule has 1 unspecified atom stereocenters. The van der Waals surface area contributed by atoms with E-state index in [-0.39, 0.29) is 30.1 Å². The summed E-state index contributed by atoms with van der Waals surface area (Å²) in [5, 5.41) is 11.2. The minimum Gasteiger partial charge on any atom is -0.495 e. The Bertz CT molecular complexity index is 769. The Hall–Kier alpha value is -1.75. The van der Waals surface area contributed by atoms with Gasteiger partial charge in [-0.15, -0.1) is 3.89 Å². The lowest BCUT2D eigenvalue weighted by Gasteiger charge is -2.18. The number of anilines is 1. The van der Waals surface area contributed by atoms with Crippen molar-refractivity contribution in [2.24, 2.45) is 5.92 Å². The fourth-order valence-corrected chi connectivity index (χ4v) is 3.74. The van der Waals surface area contributed by atoms with E-state index < -0.39 is 32.7 Å². The Labute approximate surface area is 139 Å². The van der Waals surface area contributed by atoms with E-state index in [4.69, 9.17) is 4.74 Å². The average molecular weight is 411 g/mol. The highest BCUT2D eigenvalue weighted by Gasteiger charge is 2.37. The fourth-order valence-electron chi connectivity index (χ4n) is 2.46. The molecule has 126 valence electrons. The second-order valence-electron chi connectivity index (χ2n) is 5.01. The van der Waals surface area contributed by atoms with Gasteiger partial charge in [-0.05, 0) is 15.9 Å². The molecule has 0 bridgehead atoms. The maximum atomic E-state index is 12.8. The number of halogens is 2. The highest BCUT2D eigenvalue weighted by molar-refractivity contribution is 9.10. The number of carbonyl (C=O) groups is 1. The average Bonchev–Trinajstić information content (AvgIpc) is 2.76. The lowest BCUT2D eigenvalue weighted by molar-refractivity contribution is -0.384. The standard InChI is InChI=1S/C12H12BrFN2O6S/c1-22-11-4-9(10(16(18)19)3-8(11)13)15-5-7(2-12(15)17)6-23(14,20)21/h3-4,7H,2,5-6H2,1H3. The molecule has 0 radical (unpaired) electrons. The van der Waals surface area contributed by atoms with E-state index in [1.165, 1.54) is 19.2 Å². The van der Waals surface area contributed by atoms with Crippen molar-refractivity contribution < 1.29 is 26.8 Å². The number of ether oxygens (including phenoxy) is 1. The number of nitro benzene ring substituents is 1. The summed E-state index contributed by atoms with van der Waals surface area (Å²) in [6, 6.07) is 2.51. The Morgan fingerprint density at radius 2 is 2.17 bits per heavy atom. The third kappa shape index (κ3) is 3.96. The molecular weight excluding hydrogens is 399 g/mol. The van der Waals surface area contributed by atoms with Crippen molar-refractivity contribution >= 4 is 43.4 Å². The van der Waals surface area contributed by atoms with Crippen molar-refractivity contribution in [3.8, 4) is 5.75 Å². The SMILES string of the molecule is COc1cc(N2CC(CS(=O)(=O)F)CC2=O)c([N+](=O)[O-])cc1Br. The lowest BCUT2D eigenvalue weighted by atomic mass is 10.1. The van der Waals surface area contributed by atoms with Crippen LogP contribution in [0.25, 0.3) is 0 Å². The fraction of sp³-hybridized carbons (Fsp3) is 0.417. The molecule has 1 aliphatic heterocycles. The first-order valence-corrected chi connectivity index (χ1v) is 8.71. The molecule has 0 spiro atoms. The second-order valence-corrected chi connectivity index (χ2v) is 7.28. The van der Waals surface area contributed by atoms with Gasteiger partial charge in [0.25, 0.3) is 5.69 Å². The summed E-state index contributed by atoms with van der Waals surface area (Å²) in [6.07, 6.45) is -0.196. The van der Waals surface area contributed by atoms with E-state index in [0.717, 1.165) is 4.90 Å². The zero-order valence-corrected chi connectivity index (χ0v) is 14.3. The van der Waals surface area contributed by atoms with Crippen molar-refractivity contribution in [2.45, 2.75) is 6.42 Å². The van der Waals surface area contributed by atoms with Gasteiger partial charge in [0.2, 0.25) is 5.91 Å². The van der Waals surface area contributed by atoms with Crippen LogP contribution in [0.15, 0.2) is 16.6 Å². The highest BCUT2D eigenvalue weighted by atomic mass is 79.9. The number of carbonyl (C=O) groups excluding carboxylic acids is 1. The zero-order valence-electron chi connectivity index (χ0n) is 11.9. The van der Waals surface area contributed by atoms with Crippen LogP contribution in [-0.2, 0) is 15.0 Å². The predicted octanol–water partition coefficient (Wildman–Crippen LogP) is 2.02. The third-order valence-corrected chi connectivity index (χ3v) is 4.87. The first-order chi connectivity index (χ1) is 10.6. The number of rotatable bonds is 5. The summed E-state index contributed by atoms with van der Waals surface area (Å²) in [6.45, 7) is -0.117. The third-order valence-electron chi connectivity index (χ3n) is 3.38. The number of methoxy groups -OCH3 is 1. The van der Waals surface area contributed by atoms with Crippen LogP contribution < -0.4 is 9.64 Å². The van der Waals surface area contributed by atoms with E-state index in [0.29, 0.717) is 4.47 Å². The summed E-state index contributed by atoms with van der Waals surface area (Å²) < 4.78 is 39.6. The van der Waals surface area contributed by atoms with Gasteiger partial charge in [0.05, 0.1) is 22.3 Å². The molecular formula is C12H12BrFN2O6S. The molecule has 0 saturated carbocycles. The largest absolute Gasteiger partial charge is 0.495 e. The van der Waals surface area contributed by atoms with Crippen molar-refractivity contribution in [1.29, 1.82) is 0 Å². The number of hydrogen-bond donors (Lipinski definition) is 0. The summed E-state index contributed by atoms with van der Waals surface area (Å²) in [5.74, 6) is -1.78. The van der Waals surface area contributed by atoms with Crippen molar-refractivity contribution in [2.75, 3.05) is 24.3 Å². The number of nitrogens with zero attached hydrogens (tertiary/aromatic N) is 2. The summed E-state index contributed by atoms with van der Waals surface area (Å²) in [7, 11) is -3.37. The number of hydrogen-bond acceptors (Lipinski definition) is 6. The van der Waals surface area contributed by atoms with E-state index in [1.54, 1.807) is 0 Å². The molecule has 1 heterocycles.